The Bertz CT molecular complexity index is 1480. The summed E-state index contributed by atoms with van der Waals surface area (Å²) >= 11 is 0. The molecule has 0 fully saturated rings. The highest BCUT2D eigenvalue weighted by molar-refractivity contribution is 6.03. The van der Waals surface area contributed by atoms with E-state index < -0.39 is 0 Å². The summed E-state index contributed by atoms with van der Waals surface area (Å²) in [5.41, 5.74) is 5.62. The second kappa shape index (κ2) is 8.16. The fraction of sp³-hybridized carbons (Fsp3) is 0.167. The van der Waals surface area contributed by atoms with Crippen molar-refractivity contribution in [1.82, 2.24) is 19.5 Å². The van der Waals surface area contributed by atoms with Gasteiger partial charge in [-0.3, -0.25) is 14.8 Å². The van der Waals surface area contributed by atoms with Gasteiger partial charge in [-0.1, -0.05) is 6.07 Å². The number of nitrogens with one attached hydrogen (secondary N) is 2. The maximum atomic E-state index is 12.7. The van der Waals surface area contributed by atoms with Gasteiger partial charge in [-0.15, -0.1) is 0 Å². The summed E-state index contributed by atoms with van der Waals surface area (Å²) in [4.78, 5) is 29.8. The van der Waals surface area contributed by atoms with E-state index in [9.17, 15) is 4.79 Å². The number of anilines is 2. The van der Waals surface area contributed by atoms with Gasteiger partial charge >= 0.3 is 0 Å². The molecule has 1 amide bonds. The van der Waals surface area contributed by atoms with Gasteiger partial charge < -0.3 is 15.2 Å². The van der Waals surface area contributed by atoms with Crippen molar-refractivity contribution in [1.29, 1.82) is 5.26 Å². The van der Waals surface area contributed by atoms with Crippen molar-refractivity contribution in [2.24, 2.45) is 4.99 Å². The molecule has 3 aliphatic rings. The monoisotopic (exact) mass is 436 g/mol. The van der Waals surface area contributed by atoms with Gasteiger partial charge in [-0.05, 0) is 48.4 Å². The second-order valence-corrected chi connectivity index (χ2v) is 7.68. The van der Waals surface area contributed by atoms with Crippen LogP contribution in [0.1, 0.15) is 21.6 Å². The normalized spacial score (nSPS) is 12.8. The summed E-state index contributed by atoms with van der Waals surface area (Å²) in [7, 11) is 1.67. The van der Waals surface area contributed by atoms with Crippen LogP contribution in [0.15, 0.2) is 53.8 Å². The molecular formula is C24H20N8O. The number of carbonyl (C=O) groups is 1. The summed E-state index contributed by atoms with van der Waals surface area (Å²) in [5.74, 6) is 1.43. The van der Waals surface area contributed by atoms with Crippen LogP contribution in [-0.4, -0.2) is 39.0 Å². The average Bonchev–Trinajstić information content (AvgIpc) is 3.35. The molecule has 33 heavy (non-hydrogen) atoms. The number of benzene rings is 1. The molecule has 1 aromatic heterocycles. The molecule has 0 radical (unpaired) electrons. The Morgan fingerprint density at radius 3 is 2.91 bits per heavy atom. The molecule has 0 unspecified atom stereocenters. The van der Waals surface area contributed by atoms with Gasteiger partial charge in [0.2, 0.25) is 5.62 Å². The molecule has 5 rings (SSSR count). The standard InChI is InChI=1S/C24H20N8O/c1-14-3-4-17(30-23(33)20-9-15(12-25)5-6-27-20)11-18(14)19-10-16-13-29-24(26-2)31-21(16)32-8-7-28-22(19)32/h3-6,9-11,13,28H,7-8H2,1-2H3,(H,30,33). The lowest BCUT2D eigenvalue weighted by Crippen LogP contribution is -2.17. The third-order valence-electron chi connectivity index (χ3n) is 5.60. The van der Waals surface area contributed by atoms with Crippen molar-refractivity contribution >= 4 is 17.4 Å². The number of hydrogen-bond acceptors (Lipinski definition) is 7. The van der Waals surface area contributed by atoms with Crippen LogP contribution in [0, 0.1) is 18.3 Å². The van der Waals surface area contributed by atoms with Crippen LogP contribution in [0.3, 0.4) is 0 Å². The number of pyridine rings is 2. The number of aryl methyl sites for hydroxylation is 1. The summed E-state index contributed by atoms with van der Waals surface area (Å²) in [5, 5.41) is 15.4. The van der Waals surface area contributed by atoms with E-state index in [2.05, 4.69) is 41.2 Å². The summed E-state index contributed by atoms with van der Waals surface area (Å²) < 4.78 is 2.14. The minimum atomic E-state index is -0.373. The van der Waals surface area contributed by atoms with Crippen molar-refractivity contribution in [2.75, 3.05) is 24.2 Å². The fourth-order valence-corrected chi connectivity index (χ4v) is 3.98. The Kier molecular flexibility index (Phi) is 5.03. The van der Waals surface area contributed by atoms with E-state index in [1.54, 1.807) is 19.3 Å². The highest BCUT2D eigenvalue weighted by Crippen LogP contribution is 2.38. The molecule has 162 valence electrons. The smallest absolute Gasteiger partial charge is 0.274 e. The largest absolute Gasteiger partial charge is 0.369 e. The number of aromatic nitrogens is 4. The third kappa shape index (κ3) is 3.68. The maximum Gasteiger partial charge on any atom is 0.274 e. The van der Waals surface area contributed by atoms with E-state index in [1.165, 1.54) is 12.3 Å². The van der Waals surface area contributed by atoms with Crippen LogP contribution in [0.25, 0.3) is 22.5 Å². The van der Waals surface area contributed by atoms with Crippen LogP contribution in [0.5, 0.6) is 0 Å². The van der Waals surface area contributed by atoms with Crippen molar-refractivity contribution < 1.29 is 4.79 Å². The minimum absolute atomic E-state index is 0.189. The Labute approximate surface area is 189 Å². The first-order valence-electron chi connectivity index (χ1n) is 10.4. The number of nitriles is 1. The van der Waals surface area contributed by atoms with E-state index >= 15 is 0 Å². The third-order valence-corrected chi connectivity index (χ3v) is 5.60. The average molecular weight is 436 g/mol. The quantitative estimate of drug-likeness (QED) is 0.509. The number of rotatable bonds is 3. The Morgan fingerprint density at radius 1 is 1.21 bits per heavy atom. The highest BCUT2D eigenvalue weighted by Gasteiger charge is 2.23. The summed E-state index contributed by atoms with van der Waals surface area (Å²) in [6.45, 7) is 3.62. The van der Waals surface area contributed by atoms with Gasteiger partial charge in [0.1, 0.15) is 17.3 Å². The van der Waals surface area contributed by atoms with E-state index in [4.69, 9.17) is 5.26 Å². The molecule has 0 atom stereocenters. The number of carbonyl (C=O) groups excluding carboxylic acids is 1. The molecule has 0 spiro atoms. The van der Waals surface area contributed by atoms with Gasteiger partial charge in [0.05, 0.1) is 11.6 Å². The minimum Gasteiger partial charge on any atom is -0.369 e. The molecule has 0 aliphatic carbocycles. The molecule has 2 aromatic rings. The van der Waals surface area contributed by atoms with E-state index in [1.807, 2.05) is 31.2 Å². The number of nitrogens with zero attached hydrogens (tertiary/aromatic N) is 6. The number of hydrogen-bond donors (Lipinski definition) is 2. The molecule has 1 aromatic carbocycles. The van der Waals surface area contributed by atoms with Gasteiger partial charge in [0.25, 0.3) is 5.91 Å². The first-order chi connectivity index (χ1) is 16.1. The number of amides is 1. The van der Waals surface area contributed by atoms with Crippen molar-refractivity contribution in [3.63, 3.8) is 0 Å². The van der Waals surface area contributed by atoms with E-state index in [0.717, 1.165) is 47.0 Å². The summed E-state index contributed by atoms with van der Waals surface area (Å²) in [6.07, 6.45) is 3.24. The molecule has 9 heteroatoms. The molecule has 0 bridgehead atoms. The van der Waals surface area contributed by atoms with E-state index in [0.29, 0.717) is 16.9 Å². The Balaban J connectivity index is 1.57. The molecule has 9 nitrogen and oxygen atoms in total. The topological polar surface area (TPSA) is 121 Å². The first-order valence-corrected chi connectivity index (χ1v) is 10.4. The molecule has 0 saturated carbocycles. The fourth-order valence-electron chi connectivity index (χ4n) is 3.98. The van der Waals surface area contributed by atoms with Crippen LogP contribution < -0.4 is 16.3 Å². The summed E-state index contributed by atoms with van der Waals surface area (Å²) in [6, 6.07) is 12.9. The van der Waals surface area contributed by atoms with Crippen LogP contribution >= 0.6 is 0 Å². The zero-order valence-corrected chi connectivity index (χ0v) is 18.1. The SMILES string of the molecule is CN=c1ncc2cc(-c3cc(NC(=O)c4cc(C#N)ccn4)ccc3C)c3n(c-2n1)CCN3. The molecule has 2 N–H and O–H groups in total. The highest BCUT2D eigenvalue weighted by atomic mass is 16.1. The second-order valence-electron chi connectivity index (χ2n) is 7.68. The van der Waals surface area contributed by atoms with Gasteiger partial charge in [-0.25, -0.2) is 4.98 Å². The Hall–Kier alpha value is -4.58. The zero-order valence-electron chi connectivity index (χ0n) is 18.1. The van der Waals surface area contributed by atoms with Crippen LogP contribution in [0.4, 0.5) is 11.5 Å². The predicted octanol–water partition coefficient (Wildman–Crippen LogP) is 2.83. The lowest BCUT2D eigenvalue weighted by molar-refractivity contribution is 0.102. The zero-order chi connectivity index (χ0) is 22.9. The van der Waals surface area contributed by atoms with Gasteiger partial charge in [0, 0.05) is 49.3 Å². The number of fused-ring (bicyclic) bond motifs is 3. The maximum absolute atomic E-state index is 12.7. The first kappa shape index (κ1) is 20.3. The molecule has 0 saturated heterocycles. The van der Waals surface area contributed by atoms with Crippen molar-refractivity contribution in [3.8, 4) is 28.6 Å². The lowest BCUT2D eigenvalue weighted by Gasteiger charge is -2.18. The van der Waals surface area contributed by atoms with Gasteiger partial charge in [0.15, 0.2) is 0 Å². The Morgan fingerprint density at radius 2 is 2.09 bits per heavy atom. The molecule has 4 heterocycles. The molecule has 3 aliphatic heterocycles. The lowest BCUT2D eigenvalue weighted by atomic mass is 9.98. The van der Waals surface area contributed by atoms with Crippen LogP contribution in [0.2, 0.25) is 0 Å². The van der Waals surface area contributed by atoms with Gasteiger partial charge in [-0.2, -0.15) is 10.2 Å². The van der Waals surface area contributed by atoms with E-state index in [-0.39, 0.29) is 11.6 Å². The van der Waals surface area contributed by atoms with Crippen LogP contribution in [-0.2, 0) is 6.54 Å². The van der Waals surface area contributed by atoms with Crippen molar-refractivity contribution in [3.05, 3.63) is 71.2 Å². The van der Waals surface area contributed by atoms with Crippen molar-refractivity contribution in [2.45, 2.75) is 13.5 Å². The molecular weight excluding hydrogens is 416 g/mol. The predicted molar refractivity (Wildman–Crippen MR) is 124 cm³/mol.